The number of hydrogen-bond acceptors (Lipinski definition) is 3. The lowest BCUT2D eigenvalue weighted by Gasteiger charge is -2.24. The van der Waals surface area contributed by atoms with Crippen molar-refractivity contribution in [3.05, 3.63) is 94.8 Å². The summed E-state index contributed by atoms with van der Waals surface area (Å²) in [5.74, 6) is -0.00990. The molecule has 0 aliphatic rings. The van der Waals surface area contributed by atoms with E-state index in [1.807, 2.05) is 92.5 Å². The Morgan fingerprint density at radius 2 is 1.48 bits per heavy atom. The van der Waals surface area contributed by atoms with Gasteiger partial charge in [-0.2, -0.15) is 5.10 Å². The van der Waals surface area contributed by atoms with Crippen LogP contribution in [0.5, 0.6) is 0 Å². The summed E-state index contributed by atoms with van der Waals surface area (Å²) in [5.41, 5.74) is 5.22. The number of pyridine rings is 1. The highest BCUT2D eigenvalue weighted by Crippen LogP contribution is 2.24. The second-order valence-electron chi connectivity index (χ2n) is 7.35. The number of amides is 1. The van der Waals surface area contributed by atoms with Gasteiger partial charge in [0.1, 0.15) is 0 Å². The highest BCUT2D eigenvalue weighted by molar-refractivity contribution is 6.06. The molecule has 0 saturated heterocycles. The maximum Gasteiger partial charge on any atom is 0.255 e. The number of aryl methyl sites for hydroxylation is 3. The van der Waals surface area contributed by atoms with E-state index >= 15 is 0 Å². The van der Waals surface area contributed by atoms with E-state index < -0.39 is 0 Å². The second-order valence-corrected chi connectivity index (χ2v) is 7.35. The minimum Gasteiger partial charge on any atom is -0.330 e. The van der Waals surface area contributed by atoms with E-state index in [2.05, 4.69) is 10.1 Å². The lowest BCUT2D eigenvalue weighted by molar-refractivity contribution is 0.0732. The molecule has 0 N–H and O–H groups in total. The van der Waals surface area contributed by atoms with Gasteiger partial charge in [-0.3, -0.25) is 9.48 Å². The molecule has 0 aliphatic heterocycles. The van der Waals surface area contributed by atoms with Crippen LogP contribution in [-0.4, -0.2) is 25.6 Å². The van der Waals surface area contributed by atoms with Gasteiger partial charge in [0.2, 0.25) is 0 Å². The monoisotopic (exact) mass is 384 g/mol. The molecule has 146 valence electrons. The molecule has 2 aromatic carbocycles. The molecule has 29 heavy (non-hydrogen) atoms. The quantitative estimate of drug-likeness (QED) is 0.512. The number of benzene rings is 2. The largest absolute Gasteiger partial charge is 0.330 e. The van der Waals surface area contributed by atoms with Crippen LogP contribution in [-0.2, 0) is 20.1 Å². The molecule has 0 atom stereocenters. The van der Waals surface area contributed by atoms with Crippen molar-refractivity contribution in [1.82, 2.24) is 19.7 Å². The zero-order valence-corrected chi connectivity index (χ0v) is 17.0. The summed E-state index contributed by atoms with van der Waals surface area (Å²) < 4.78 is 1.74. The maximum atomic E-state index is 13.7. The number of fused-ring (bicyclic) bond motifs is 1. The Bertz CT molecular complexity index is 1110. The SMILES string of the molecule is Cc1cc(C(=O)N(Cc2ccccc2)Cc2ccccc2)c2c(C)nn(C)c2n1. The summed E-state index contributed by atoms with van der Waals surface area (Å²) in [4.78, 5) is 20.2. The molecule has 0 aliphatic carbocycles. The molecule has 0 bridgehead atoms. The van der Waals surface area contributed by atoms with E-state index in [4.69, 9.17) is 0 Å². The van der Waals surface area contributed by atoms with E-state index in [1.54, 1.807) is 4.68 Å². The highest BCUT2D eigenvalue weighted by Gasteiger charge is 2.23. The minimum absolute atomic E-state index is 0.00990. The van der Waals surface area contributed by atoms with E-state index in [0.29, 0.717) is 18.7 Å². The highest BCUT2D eigenvalue weighted by atomic mass is 16.2. The van der Waals surface area contributed by atoms with Gasteiger partial charge >= 0.3 is 0 Å². The number of hydrogen-bond donors (Lipinski definition) is 0. The molecule has 5 nitrogen and oxygen atoms in total. The smallest absolute Gasteiger partial charge is 0.255 e. The fourth-order valence-corrected chi connectivity index (χ4v) is 3.72. The van der Waals surface area contributed by atoms with Crippen molar-refractivity contribution in [1.29, 1.82) is 0 Å². The van der Waals surface area contributed by atoms with Gasteiger partial charge in [-0.1, -0.05) is 60.7 Å². The molecule has 0 spiro atoms. The molecular formula is C24H24N4O. The predicted molar refractivity (Wildman–Crippen MR) is 114 cm³/mol. The molecule has 2 aromatic heterocycles. The number of nitrogens with zero attached hydrogens (tertiary/aromatic N) is 4. The second kappa shape index (κ2) is 7.87. The number of aromatic nitrogens is 3. The summed E-state index contributed by atoms with van der Waals surface area (Å²) in [7, 11) is 1.86. The third-order valence-corrected chi connectivity index (χ3v) is 5.05. The first-order valence-electron chi connectivity index (χ1n) is 9.71. The molecule has 4 aromatic rings. The van der Waals surface area contributed by atoms with Gasteiger partial charge in [0.05, 0.1) is 16.6 Å². The Kier molecular flexibility index (Phi) is 5.12. The number of rotatable bonds is 5. The van der Waals surface area contributed by atoms with Crippen molar-refractivity contribution < 1.29 is 4.79 Å². The lowest BCUT2D eigenvalue weighted by atomic mass is 10.1. The first-order valence-corrected chi connectivity index (χ1v) is 9.71. The van der Waals surface area contributed by atoms with Crippen LogP contribution in [0.1, 0.15) is 32.9 Å². The lowest BCUT2D eigenvalue weighted by Crippen LogP contribution is -2.30. The van der Waals surface area contributed by atoms with Gasteiger partial charge in [-0.05, 0) is 31.0 Å². The zero-order chi connectivity index (χ0) is 20.4. The average molecular weight is 384 g/mol. The van der Waals surface area contributed by atoms with Crippen LogP contribution in [0.3, 0.4) is 0 Å². The maximum absolute atomic E-state index is 13.7. The van der Waals surface area contributed by atoms with Crippen LogP contribution < -0.4 is 0 Å². The van der Waals surface area contributed by atoms with Crippen molar-refractivity contribution in [3.63, 3.8) is 0 Å². The molecular weight excluding hydrogens is 360 g/mol. The Labute approximate surface area is 170 Å². The van der Waals surface area contributed by atoms with Crippen LogP contribution >= 0.6 is 0 Å². The van der Waals surface area contributed by atoms with Crippen molar-refractivity contribution in [2.75, 3.05) is 0 Å². The van der Waals surface area contributed by atoms with Gasteiger partial charge in [0.25, 0.3) is 5.91 Å². The topological polar surface area (TPSA) is 51.0 Å². The van der Waals surface area contributed by atoms with Gasteiger partial charge in [-0.15, -0.1) is 0 Å². The summed E-state index contributed by atoms with van der Waals surface area (Å²) in [6.07, 6.45) is 0. The first kappa shape index (κ1) is 18.9. The minimum atomic E-state index is -0.00990. The van der Waals surface area contributed by atoms with E-state index in [-0.39, 0.29) is 5.91 Å². The summed E-state index contributed by atoms with van der Waals surface area (Å²) in [5, 5.41) is 5.31. The summed E-state index contributed by atoms with van der Waals surface area (Å²) in [6.45, 7) is 4.92. The van der Waals surface area contributed by atoms with E-state index in [0.717, 1.165) is 33.5 Å². The molecule has 4 rings (SSSR count). The van der Waals surface area contributed by atoms with E-state index in [1.165, 1.54) is 0 Å². The first-order chi connectivity index (χ1) is 14.0. The summed E-state index contributed by atoms with van der Waals surface area (Å²) >= 11 is 0. The number of carbonyl (C=O) groups excluding carboxylic acids is 1. The van der Waals surface area contributed by atoms with Crippen molar-refractivity contribution in [2.24, 2.45) is 7.05 Å². The van der Waals surface area contributed by atoms with Crippen LogP contribution in [0.25, 0.3) is 11.0 Å². The third-order valence-electron chi connectivity index (χ3n) is 5.05. The Morgan fingerprint density at radius 3 is 2.03 bits per heavy atom. The summed E-state index contributed by atoms with van der Waals surface area (Å²) in [6, 6.07) is 22.1. The van der Waals surface area contributed by atoms with Gasteiger partial charge in [0, 0.05) is 25.8 Å². The average Bonchev–Trinajstić information content (AvgIpc) is 3.01. The Morgan fingerprint density at radius 1 is 0.931 bits per heavy atom. The zero-order valence-electron chi connectivity index (χ0n) is 17.0. The van der Waals surface area contributed by atoms with Crippen LogP contribution in [0, 0.1) is 13.8 Å². The Balaban J connectivity index is 1.78. The van der Waals surface area contributed by atoms with Gasteiger partial charge < -0.3 is 4.90 Å². The predicted octanol–water partition coefficient (Wildman–Crippen LogP) is 4.43. The van der Waals surface area contributed by atoms with Gasteiger partial charge in [0.15, 0.2) is 5.65 Å². The van der Waals surface area contributed by atoms with Crippen molar-refractivity contribution in [2.45, 2.75) is 26.9 Å². The third kappa shape index (κ3) is 3.90. The van der Waals surface area contributed by atoms with Crippen LogP contribution in [0.2, 0.25) is 0 Å². The fraction of sp³-hybridized carbons (Fsp3) is 0.208. The molecule has 2 heterocycles. The van der Waals surface area contributed by atoms with Crippen molar-refractivity contribution in [3.8, 4) is 0 Å². The molecule has 1 amide bonds. The molecule has 0 radical (unpaired) electrons. The number of carbonyl (C=O) groups is 1. The standard InChI is InChI=1S/C24H24N4O/c1-17-14-21(22-18(2)26-27(3)23(22)25-17)24(29)28(15-19-10-6-4-7-11-19)16-20-12-8-5-9-13-20/h4-14H,15-16H2,1-3H3. The molecule has 5 heteroatoms. The van der Waals surface area contributed by atoms with Gasteiger partial charge in [-0.25, -0.2) is 4.98 Å². The Hall–Kier alpha value is -3.47. The molecule has 0 fully saturated rings. The van der Waals surface area contributed by atoms with Crippen molar-refractivity contribution >= 4 is 16.9 Å². The van der Waals surface area contributed by atoms with Crippen LogP contribution in [0.4, 0.5) is 0 Å². The normalized spacial score (nSPS) is 11.0. The van der Waals surface area contributed by atoms with E-state index in [9.17, 15) is 4.79 Å². The van der Waals surface area contributed by atoms with Crippen LogP contribution in [0.15, 0.2) is 66.7 Å². The molecule has 0 saturated carbocycles. The fourth-order valence-electron chi connectivity index (χ4n) is 3.72. The molecule has 0 unspecified atom stereocenters.